The van der Waals surface area contributed by atoms with Gasteiger partial charge in [0.15, 0.2) is 5.69 Å². The van der Waals surface area contributed by atoms with Crippen LogP contribution in [0.1, 0.15) is 28.5 Å². The minimum absolute atomic E-state index is 0.0369. The van der Waals surface area contributed by atoms with Crippen LogP contribution in [0.15, 0.2) is 30.5 Å². The molecule has 1 aromatic heterocycles. The number of amides is 1. The van der Waals surface area contributed by atoms with Crippen molar-refractivity contribution >= 4 is 23.5 Å². The molecule has 0 aliphatic rings. The molecule has 9 nitrogen and oxygen atoms in total. The quantitative estimate of drug-likeness (QED) is 0.707. The van der Waals surface area contributed by atoms with Crippen LogP contribution in [-0.2, 0) is 25.5 Å². The molecule has 1 heterocycles. The lowest BCUT2D eigenvalue weighted by molar-refractivity contribution is -0.144. The first-order valence-corrected chi connectivity index (χ1v) is 8.25. The highest BCUT2D eigenvalue weighted by atomic mass is 16.5. The summed E-state index contributed by atoms with van der Waals surface area (Å²) >= 11 is 0. The third-order valence-electron chi connectivity index (χ3n) is 4.06. The zero-order valence-corrected chi connectivity index (χ0v) is 15.7. The number of nitrogens with one attached hydrogen (secondary N) is 1. The molecule has 0 radical (unpaired) electrons. The zero-order valence-electron chi connectivity index (χ0n) is 15.7. The molecule has 1 amide bonds. The Balaban J connectivity index is 2.35. The van der Waals surface area contributed by atoms with Crippen molar-refractivity contribution in [3.05, 3.63) is 47.3 Å². The highest BCUT2D eigenvalue weighted by Gasteiger charge is 2.23. The SMILES string of the molecule is COC(=O)c1c(N)c(C#N)cn1-c1ccc(CC(NC(C)=O)C(=O)OC)cc1. The predicted molar refractivity (Wildman–Crippen MR) is 99.6 cm³/mol. The maximum atomic E-state index is 12.1. The van der Waals surface area contributed by atoms with Gasteiger partial charge in [0.1, 0.15) is 12.1 Å². The molecule has 0 saturated heterocycles. The van der Waals surface area contributed by atoms with Crippen LogP contribution >= 0.6 is 0 Å². The topological polar surface area (TPSA) is 136 Å². The lowest BCUT2D eigenvalue weighted by Crippen LogP contribution is -2.41. The fourth-order valence-electron chi connectivity index (χ4n) is 2.73. The van der Waals surface area contributed by atoms with E-state index in [0.717, 1.165) is 5.56 Å². The second-order valence-electron chi connectivity index (χ2n) is 5.93. The lowest BCUT2D eigenvalue weighted by Gasteiger charge is -2.16. The van der Waals surface area contributed by atoms with Crippen LogP contribution in [0.3, 0.4) is 0 Å². The van der Waals surface area contributed by atoms with E-state index in [4.69, 9.17) is 15.2 Å². The first kappa shape index (κ1) is 20.5. The Morgan fingerprint density at radius 1 is 1.21 bits per heavy atom. The Morgan fingerprint density at radius 2 is 1.86 bits per heavy atom. The maximum absolute atomic E-state index is 12.1. The number of nitrogen functional groups attached to an aromatic ring is 1. The number of rotatable bonds is 6. The molecule has 0 bridgehead atoms. The third-order valence-corrected chi connectivity index (χ3v) is 4.06. The molecule has 3 N–H and O–H groups in total. The van der Waals surface area contributed by atoms with Gasteiger partial charge in [-0.05, 0) is 17.7 Å². The Bertz CT molecular complexity index is 940. The first-order valence-electron chi connectivity index (χ1n) is 8.25. The highest BCUT2D eigenvalue weighted by Crippen LogP contribution is 2.25. The van der Waals surface area contributed by atoms with E-state index >= 15 is 0 Å². The molecular formula is C19H20N4O5. The number of carbonyl (C=O) groups is 3. The second kappa shape index (κ2) is 8.73. The van der Waals surface area contributed by atoms with E-state index in [1.54, 1.807) is 24.3 Å². The fraction of sp³-hybridized carbons (Fsp3) is 0.263. The number of nitriles is 1. The fourth-order valence-corrected chi connectivity index (χ4v) is 2.73. The van der Waals surface area contributed by atoms with Crippen molar-refractivity contribution in [1.82, 2.24) is 9.88 Å². The van der Waals surface area contributed by atoms with Crippen molar-refractivity contribution in [2.75, 3.05) is 20.0 Å². The summed E-state index contributed by atoms with van der Waals surface area (Å²) in [6, 6.07) is 7.98. The Kier molecular flexibility index (Phi) is 6.39. The number of nitrogens with zero attached hydrogens (tertiary/aromatic N) is 2. The third kappa shape index (κ3) is 4.29. The average Bonchev–Trinajstić information content (AvgIpc) is 3.02. The second-order valence-corrected chi connectivity index (χ2v) is 5.93. The van der Waals surface area contributed by atoms with Gasteiger partial charge in [0.25, 0.3) is 0 Å². The molecule has 146 valence electrons. The van der Waals surface area contributed by atoms with E-state index in [1.165, 1.54) is 31.9 Å². The summed E-state index contributed by atoms with van der Waals surface area (Å²) in [6.45, 7) is 1.32. The monoisotopic (exact) mass is 384 g/mol. The van der Waals surface area contributed by atoms with Crippen LogP contribution in [0.2, 0.25) is 0 Å². The van der Waals surface area contributed by atoms with E-state index < -0.39 is 18.0 Å². The molecule has 9 heteroatoms. The summed E-state index contributed by atoms with van der Waals surface area (Å²) in [5.41, 5.74) is 7.46. The number of anilines is 1. The number of aromatic nitrogens is 1. The standard InChI is InChI=1S/C19H20N4O5/c1-11(24)22-15(18(25)27-2)8-12-4-6-14(7-5-12)23-10-13(9-20)16(21)17(23)19(26)28-3/h4-7,10,15H,8,21H2,1-3H3,(H,22,24). The Labute approximate surface area is 161 Å². The van der Waals surface area contributed by atoms with Gasteiger partial charge < -0.3 is 25.1 Å². The summed E-state index contributed by atoms with van der Waals surface area (Å²) in [7, 11) is 2.47. The average molecular weight is 384 g/mol. The van der Waals surface area contributed by atoms with E-state index in [1.807, 2.05) is 6.07 Å². The molecule has 1 atom stereocenters. The Morgan fingerprint density at radius 3 is 2.36 bits per heavy atom. The van der Waals surface area contributed by atoms with Crippen LogP contribution in [-0.4, -0.2) is 42.7 Å². The lowest BCUT2D eigenvalue weighted by atomic mass is 10.1. The summed E-state index contributed by atoms with van der Waals surface area (Å²) in [5.74, 6) is -1.56. The van der Waals surface area contributed by atoms with Crippen LogP contribution < -0.4 is 11.1 Å². The van der Waals surface area contributed by atoms with Gasteiger partial charge in [0.05, 0.1) is 25.5 Å². The van der Waals surface area contributed by atoms with E-state index in [2.05, 4.69) is 5.32 Å². The van der Waals surface area contributed by atoms with Crippen molar-refractivity contribution in [3.63, 3.8) is 0 Å². The van der Waals surface area contributed by atoms with Gasteiger partial charge in [-0.25, -0.2) is 9.59 Å². The molecule has 0 spiro atoms. The number of methoxy groups -OCH3 is 2. The van der Waals surface area contributed by atoms with Crippen molar-refractivity contribution < 1.29 is 23.9 Å². The number of hydrogen-bond acceptors (Lipinski definition) is 7. The molecule has 1 aromatic carbocycles. The van der Waals surface area contributed by atoms with Crippen LogP contribution in [0, 0.1) is 11.3 Å². The number of nitrogens with two attached hydrogens (primary N) is 1. The highest BCUT2D eigenvalue weighted by molar-refractivity contribution is 5.96. The molecule has 0 aliphatic carbocycles. The minimum Gasteiger partial charge on any atom is -0.467 e. The molecule has 0 saturated carbocycles. The van der Waals surface area contributed by atoms with Gasteiger partial charge in [-0.2, -0.15) is 5.26 Å². The number of carbonyl (C=O) groups excluding carboxylic acids is 3. The van der Waals surface area contributed by atoms with Crippen LogP contribution in [0.4, 0.5) is 5.69 Å². The molecule has 2 rings (SSSR count). The smallest absolute Gasteiger partial charge is 0.357 e. The van der Waals surface area contributed by atoms with E-state index in [-0.39, 0.29) is 29.3 Å². The van der Waals surface area contributed by atoms with Crippen LogP contribution in [0.5, 0.6) is 0 Å². The summed E-state index contributed by atoms with van der Waals surface area (Å²) < 4.78 is 10.9. The first-order chi connectivity index (χ1) is 13.3. The molecule has 0 aliphatic heterocycles. The summed E-state index contributed by atoms with van der Waals surface area (Å²) in [4.78, 5) is 35.2. The maximum Gasteiger partial charge on any atom is 0.357 e. The van der Waals surface area contributed by atoms with Gasteiger partial charge >= 0.3 is 11.9 Å². The summed E-state index contributed by atoms with van der Waals surface area (Å²) in [5, 5.41) is 11.7. The van der Waals surface area contributed by atoms with Crippen LogP contribution in [0.25, 0.3) is 5.69 Å². The molecule has 28 heavy (non-hydrogen) atoms. The van der Waals surface area contributed by atoms with E-state index in [0.29, 0.717) is 5.69 Å². The van der Waals surface area contributed by atoms with Crippen molar-refractivity contribution in [3.8, 4) is 11.8 Å². The molecule has 0 fully saturated rings. The molecule has 1 unspecified atom stereocenters. The van der Waals surface area contributed by atoms with Gasteiger partial charge in [-0.1, -0.05) is 12.1 Å². The van der Waals surface area contributed by atoms with Gasteiger partial charge in [-0.15, -0.1) is 0 Å². The Hall–Kier alpha value is -3.80. The number of benzene rings is 1. The number of esters is 2. The largest absolute Gasteiger partial charge is 0.467 e. The van der Waals surface area contributed by atoms with E-state index in [9.17, 15) is 19.6 Å². The van der Waals surface area contributed by atoms with Crippen molar-refractivity contribution in [2.45, 2.75) is 19.4 Å². The number of hydrogen-bond donors (Lipinski definition) is 2. The predicted octanol–water partition coefficient (Wildman–Crippen LogP) is 0.938. The number of ether oxygens (including phenoxy) is 2. The minimum atomic E-state index is -0.814. The van der Waals surface area contributed by atoms with Gasteiger partial charge in [-0.3, -0.25) is 4.79 Å². The normalized spacial score (nSPS) is 11.2. The zero-order chi connectivity index (χ0) is 20.8. The molecular weight excluding hydrogens is 364 g/mol. The molecule has 2 aromatic rings. The summed E-state index contributed by atoms with van der Waals surface area (Å²) in [6.07, 6.45) is 1.68. The van der Waals surface area contributed by atoms with Gasteiger partial charge in [0.2, 0.25) is 5.91 Å². The van der Waals surface area contributed by atoms with Gasteiger partial charge in [0, 0.05) is 25.2 Å². The van der Waals surface area contributed by atoms with Crippen molar-refractivity contribution in [2.24, 2.45) is 0 Å². The van der Waals surface area contributed by atoms with Crippen molar-refractivity contribution in [1.29, 1.82) is 5.26 Å².